The molecule has 110 valence electrons. The van der Waals surface area contributed by atoms with Crippen LogP contribution in [-0.2, 0) is 9.84 Å². The molecule has 0 aliphatic carbocycles. The molecule has 0 unspecified atom stereocenters. The highest BCUT2D eigenvalue weighted by Crippen LogP contribution is 2.22. The van der Waals surface area contributed by atoms with Gasteiger partial charge in [0.1, 0.15) is 19.0 Å². The fourth-order valence-corrected chi connectivity index (χ4v) is 2.23. The molecule has 5 heteroatoms. The Morgan fingerprint density at radius 3 is 2.57 bits per heavy atom. The minimum Gasteiger partial charge on any atom is -0.493 e. The number of fused-ring (bicyclic) bond motifs is 1. The van der Waals surface area contributed by atoms with E-state index in [2.05, 4.69) is 11.8 Å². The molecule has 4 nitrogen and oxygen atoms in total. The van der Waals surface area contributed by atoms with Crippen LogP contribution in [0.1, 0.15) is 5.56 Å². The summed E-state index contributed by atoms with van der Waals surface area (Å²) in [4.78, 5) is 0. The van der Waals surface area contributed by atoms with Crippen LogP contribution in [0.15, 0.2) is 36.4 Å². The zero-order valence-corrected chi connectivity index (χ0v) is 12.5. The van der Waals surface area contributed by atoms with Gasteiger partial charge in [-0.05, 0) is 35.0 Å². The summed E-state index contributed by atoms with van der Waals surface area (Å²) < 4.78 is 27.5. The Bertz CT molecular complexity index is 798. The molecule has 0 radical (unpaired) electrons. The third-order valence-corrected chi connectivity index (χ3v) is 3.75. The van der Waals surface area contributed by atoms with Crippen LogP contribution in [0.25, 0.3) is 10.8 Å². The van der Waals surface area contributed by atoms with Crippen LogP contribution < -0.4 is 4.74 Å². The molecule has 1 N–H and O–H groups in total. The summed E-state index contributed by atoms with van der Waals surface area (Å²) in [5.41, 5.74) is 0.835. The molecule has 21 heavy (non-hydrogen) atoms. The van der Waals surface area contributed by atoms with Crippen molar-refractivity contribution in [3.8, 4) is 17.6 Å². The Kier molecular flexibility index (Phi) is 4.84. The maximum atomic E-state index is 11.0. The largest absolute Gasteiger partial charge is 0.493 e. The van der Waals surface area contributed by atoms with E-state index < -0.39 is 9.84 Å². The number of benzene rings is 2. The number of hydrogen-bond acceptors (Lipinski definition) is 4. The standard InChI is InChI=1S/C16H16O4S/c1-21(18,19)10-9-20-16-7-6-14-11-13(3-2-8-17)4-5-15(14)12-16/h4-7,11-12,17H,8-10H2,1H3. The van der Waals surface area contributed by atoms with Gasteiger partial charge in [-0.1, -0.05) is 24.0 Å². The van der Waals surface area contributed by atoms with Gasteiger partial charge in [0.25, 0.3) is 0 Å². The van der Waals surface area contributed by atoms with Gasteiger partial charge in [0.15, 0.2) is 9.84 Å². The molecule has 0 amide bonds. The predicted molar refractivity (Wildman–Crippen MR) is 83.1 cm³/mol. The van der Waals surface area contributed by atoms with Gasteiger partial charge in [-0.3, -0.25) is 0 Å². The van der Waals surface area contributed by atoms with Gasteiger partial charge in [0, 0.05) is 11.8 Å². The lowest BCUT2D eigenvalue weighted by Gasteiger charge is -2.07. The second-order valence-corrected chi connectivity index (χ2v) is 6.92. The van der Waals surface area contributed by atoms with E-state index in [0.717, 1.165) is 16.3 Å². The number of hydrogen-bond donors (Lipinski definition) is 1. The minimum atomic E-state index is -3.01. The highest BCUT2D eigenvalue weighted by atomic mass is 32.2. The van der Waals surface area contributed by atoms with Crippen LogP contribution in [0, 0.1) is 11.8 Å². The molecular formula is C16H16O4S. The van der Waals surface area contributed by atoms with E-state index in [1.54, 1.807) is 6.07 Å². The van der Waals surface area contributed by atoms with E-state index in [9.17, 15) is 8.42 Å². The fraction of sp³-hybridized carbons (Fsp3) is 0.250. The van der Waals surface area contributed by atoms with Gasteiger partial charge in [0.05, 0.1) is 5.75 Å². The van der Waals surface area contributed by atoms with Crippen LogP contribution in [0.4, 0.5) is 0 Å². The zero-order valence-electron chi connectivity index (χ0n) is 11.7. The topological polar surface area (TPSA) is 63.6 Å². The number of sulfone groups is 1. The molecule has 0 aliphatic rings. The Morgan fingerprint density at radius 1 is 1.14 bits per heavy atom. The van der Waals surface area contributed by atoms with E-state index in [4.69, 9.17) is 9.84 Å². The van der Waals surface area contributed by atoms with Crippen LogP contribution in [0.3, 0.4) is 0 Å². The first kappa shape index (κ1) is 15.4. The number of aliphatic hydroxyl groups excluding tert-OH is 1. The molecule has 0 saturated heterocycles. The lowest BCUT2D eigenvalue weighted by molar-refractivity contribution is 0.341. The van der Waals surface area contributed by atoms with Crippen molar-refractivity contribution in [2.75, 3.05) is 25.2 Å². The van der Waals surface area contributed by atoms with E-state index in [1.807, 2.05) is 30.3 Å². The zero-order chi connectivity index (χ0) is 15.3. The molecule has 0 spiro atoms. The third-order valence-electron chi connectivity index (χ3n) is 2.85. The molecule has 0 aliphatic heterocycles. The van der Waals surface area contributed by atoms with E-state index >= 15 is 0 Å². The molecule has 2 aromatic rings. The van der Waals surface area contributed by atoms with Crippen molar-refractivity contribution in [3.05, 3.63) is 42.0 Å². The second kappa shape index (κ2) is 6.61. The van der Waals surface area contributed by atoms with Gasteiger partial charge in [-0.15, -0.1) is 0 Å². The normalized spacial score (nSPS) is 11.0. The van der Waals surface area contributed by atoms with Crippen LogP contribution in [0.2, 0.25) is 0 Å². The maximum absolute atomic E-state index is 11.0. The molecule has 0 bridgehead atoms. The van der Waals surface area contributed by atoms with E-state index in [-0.39, 0.29) is 19.0 Å². The number of ether oxygens (including phenoxy) is 1. The average Bonchev–Trinajstić information content (AvgIpc) is 2.43. The lowest BCUT2D eigenvalue weighted by atomic mass is 10.1. The summed E-state index contributed by atoms with van der Waals surface area (Å²) in [6.45, 7) is -0.0183. The quantitative estimate of drug-likeness (QED) is 0.872. The summed E-state index contributed by atoms with van der Waals surface area (Å²) in [5.74, 6) is 6.10. The van der Waals surface area contributed by atoms with Crippen LogP contribution >= 0.6 is 0 Å². The first-order valence-electron chi connectivity index (χ1n) is 6.42. The third kappa shape index (κ3) is 4.78. The molecular weight excluding hydrogens is 288 g/mol. The summed E-state index contributed by atoms with van der Waals surface area (Å²) in [6, 6.07) is 11.3. The highest BCUT2D eigenvalue weighted by molar-refractivity contribution is 7.90. The Balaban J connectivity index is 2.15. The molecule has 0 fully saturated rings. The molecule has 2 rings (SSSR count). The smallest absolute Gasteiger partial charge is 0.150 e. The molecule has 0 saturated carbocycles. The predicted octanol–water partition coefficient (Wildman–Crippen LogP) is 1.61. The molecule has 0 atom stereocenters. The van der Waals surface area contributed by atoms with E-state index in [0.29, 0.717) is 5.75 Å². The van der Waals surface area contributed by atoms with Crippen LogP contribution in [0.5, 0.6) is 5.75 Å². The average molecular weight is 304 g/mol. The van der Waals surface area contributed by atoms with Crippen LogP contribution in [-0.4, -0.2) is 38.7 Å². The van der Waals surface area contributed by atoms with E-state index in [1.165, 1.54) is 6.26 Å². The SMILES string of the molecule is CS(=O)(=O)CCOc1ccc2cc(C#CCO)ccc2c1. The van der Waals surface area contributed by atoms with Crippen molar-refractivity contribution in [2.24, 2.45) is 0 Å². The maximum Gasteiger partial charge on any atom is 0.150 e. The van der Waals surface area contributed by atoms with Crippen molar-refractivity contribution in [2.45, 2.75) is 0 Å². The molecule has 0 heterocycles. The summed E-state index contributed by atoms with van der Waals surface area (Å²) in [6.07, 6.45) is 1.19. The monoisotopic (exact) mass is 304 g/mol. The first-order chi connectivity index (χ1) is 9.98. The summed E-state index contributed by atoms with van der Waals surface area (Å²) in [7, 11) is -3.01. The van der Waals surface area contributed by atoms with Gasteiger partial charge in [-0.25, -0.2) is 8.42 Å². The van der Waals surface area contributed by atoms with Crippen molar-refractivity contribution < 1.29 is 18.3 Å². The minimum absolute atomic E-state index is 0.000718. The van der Waals surface area contributed by atoms with Crippen molar-refractivity contribution in [3.63, 3.8) is 0 Å². The second-order valence-electron chi connectivity index (χ2n) is 4.66. The summed E-state index contributed by atoms with van der Waals surface area (Å²) in [5, 5.41) is 10.7. The molecule has 0 aromatic heterocycles. The summed E-state index contributed by atoms with van der Waals surface area (Å²) >= 11 is 0. The van der Waals surface area contributed by atoms with Gasteiger partial charge in [0.2, 0.25) is 0 Å². The van der Waals surface area contributed by atoms with Crippen molar-refractivity contribution >= 4 is 20.6 Å². The van der Waals surface area contributed by atoms with Gasteiger partial charge >= 0.3 is 0 Å². The highest BCUT2D eigenvalue weighted by Gasteiger charge is 2.03. The first-order valence-corrected chi connectivity index (χ1v) is 8.48. The fourth-order valence-electron chi connectivity index (χ4n) is 1.84. The Morgan fingerprint density at radius 2 is 1.86 bits per heavy atom. The number of aliphatic hydroxyl groups is 1. The number of rotatable bonds is 4. The van der Waals surface area contributed by atoms with Crippen molar-refractivity contribution in [1.29, 1.82) is 0 Å². The Hall–Kier alpha value is -2.03. The lowest BCUT2D eigenvalue weighted by Crippen LogP contribution is -2.11. The van der Waals surface area contributed by atoms with Gasteiger partial charge < -0.3 is 9.84 Å². The van der Waals surface area contributed by atoms with Crippen molar-refractivity contribution in [1.82, 2.24) is 0 Å². The van der Waals surface area contributed by atoms with Gasteiger partial charge in [-0.2, -0.15) is 0 Å². The molecule has 2 aromatic carbocycles. The Labute approximate surface area is 124 Å².